The maximum absolute atomic E-state index is 12.7. The van der Waals surface area contributed by atoms with Crippen LogP contribution in [-0.4, -0.2) is 48.4 Å². The highest BCUT2D eigenvalue weighted by Gasteiger charge is 2.22. The Morgan fingerprint density at radius 3 is 2.16 bits per heavy atom. The van der Waals surface area contributed by atoms with E-state index in [1.165, 1.54) is 5.56 Å². The summed E-state index contributed by atoms with van der Waals surface area (Å²) < 4.78 is 0. The Bertz CT molecular complexity index is 714. The van der Waals surface area contributed by atoms with Crippen LogP contribution in [0.3, 0.4) is 0 Å². The maximum atomic E-state index is 12.7. The maximum Gasteiger partial charge on any atom is 0.253 e. The molecule has 1 aliphatic rings. The average molecular weight is 357 g/mol. The van der Waals surface area contributed by atoms with Gasteiger partial charge in [-0.1, -0.05) is 40.9 Å². The summed E-state index contributed by atoms with van der Waals surface area (Å²) in [6.07, 6.45) is 1.02. The molecule has 1 saturated heterocycles. The second-order valence-electron chi connectivity index (χ2n) is 6.89. The first-order chi connectivity index (χ1) is 12.0. The number of halogens is 1. The van der Waals surface area contributed by atoms with Crippen molar-refractivity contribution in [2.24, 2.45) is 0 Å². The Balaban J connectivity index is 1.51. The second kappa shape index (κ2) is 8.03. The topological polar surface area (TPSA) is 23.6 Å². The lowest BCUT2D eigenvalue weighted by atomic mass is 10.1. The minimum Gasteiger partial charge on any atom is -0.336 e. The zero-order valence-corrected chi connectivity index (χ0v) is 15.7. The zero-order chi connectivity index (χ0) is 17.8. The molecule has 0 atom stereocenters. The van der Waals surface area contributed by atoms with Gasteiger partial charge in [-0.05, 0) is 50.1 Å². The number of carbonyl (C=O) groups is 1. The van der Waals surface area contributed by atoms with E-state index in [1.807, 2.05) is 43.0 Å². The predicted molar refractivity (Wildman–Crippen MR) is 103 cm³/mol. The van der Waals surface area contributed by atoms with Gasteiger partial charge in [-0.3, -0.25) is 9.69 Å². The molecule has 0 aliphatic carbocycles. The van der Waals surface area contributed by atoms with Gasteiger partial charge in [0.15, 0.2) is 0 Å². The monoisotopic (exact) mass is 356 g/mol. The molecule has 0 N–H and O–H groups in total. The summed E-state index contributed by atoms with van der Waals surface area (Å²) in [4.78, 5) is 17.1. The summed E-state index contributed by atoms with van der Waals surface area (Å²) in [6.45, 7) is 8.57. The van der Waals surface area contributed by atoms with E-state index < -0.39 is 0 Å². The summed E-state index contributed by atoms with van der Waals surface area (Å²) in [5.41, 5.74) is 4.40. The van der Waals surface area contributed by atoms with Crippen molar-refractivity contribution in [1.29, 1.82) is 0 Å². The Hall–Kier alpha value is -1.84. The number of rotatable bonds is 4. The summed E-state index contributed by atoms with van der Waals surface area (Å²) in [5, 5.41) is 0.780. The molecule has 0 unspecified atom stereocenters. The van der Waals surface area contributed by atoms with Crippen molar-refractivity contribution in [3.05, 3.63) is 69.7 Å². The quantitative estimate of drug-likeness (QED) is 0.827. The molecule has 2 aromatic carbocycles. The van der Waals surface area contributed by atoms with Crippen molar-refractivity contribution in [1.82, 2.24) is 9.80 Å². The van der Waals surface area contributed by atoms with E-state index in [4.69, 9.17) is 11.6 Å². The molecule has 25 heavy (non-hydrogen) atoms. The van der Waals surface area contributed by atoms with Gasteiger partial charge in [0.25, 0.3) is 5.91 Å². The zero-order valence-electron chi connectivity index (χ0n) is 15.0. The van der Waals surface area contributed by atoms with Crippen LogP contribution in [0.5, 0.6) is 0 Å². The smallest absolute Gasteiger partial charge is 0.253 e. The number of aryl methyl sites for hydroxylation is 2. The molecule has 1 amide bonds. The van der Waals surface area contributed by atoms with Crippen LogP contribution in [0.1, 0.15) is 27.0 Å². The minimum atomic E-state index is 0.157. The number of carbonyl (C=O) groups excluding carboxylic acids is 1. The highest BCUT2D eigenvalue weighted by atomic mass is 35.5. The van der Waals surface area contributed by atoms with Gasteiger partial charge in [-0.15, -0.1) is 0 Å². The molecule has 0 aromatic heterocycles. The van der Waals surface area contributed by atoms with E-state index in [2.05, 4.69) is 23.1 Å². The van der Waals surface area contributed by atoms with E-state index in [0.29, 0.717) is 0 Å². The average Bonchev–Trinajstić information content (AvgIpc) is 2.60. The van der Waals surface area contributed by atoms with Crippen molar-refractivity contribution in [2.45, 2.75) is 20.3 Å². The van der Waals surface area contributed by atoms with Gasteiger partial charge in [0.05, 0.1) is 0 Å². The highest BCUT2D eigenvalue weighted by Crippen LogP contribution is 2.14. The first kappa shape index (κ1) is 18.0. The van der Waals surface area contributed by atoms with Crippen molar-refractivity contribution < 1.29 is 4.79 Å². The largest absolute Gasteiger partial charge is 0.336 e. The van der Waals surface area contributed by atoms with E-state index >= 15 is 0 Å². The van der Waals surface area contributed by atoms with Crippen molar-refractivity contribution in [3.8, 4) is 0 Å². The molecule has 3 nitrogen and oxygen atoms in total. The van der Waals surface area contributed by atoms with Gasteiger partial charge in [-0.2, -0.15) is 0 Å². The fourth-order valence-corrected chi connectivity index (χ4v) is 3.52. The van der Waals surface area contributed by atoms with Crippen LogP contribution in [0, 0.1) is 13.8 Å². The fourth-order valence-electron chi connectivity index (χ4n) is 3.39. The van der Waals surface area contributed by atoms with Crippen LogP contribution in [-0.2, 0) is 6.42 Å². The minimum absolute atomic E-state index is 0.157. The molecule has 1 heterocycles. The summed E-state index contributed by atoms with van der Waals surface area (Å²) >= 11 is 5.93. The lowest BCUT2D eigenvalue weighted by Gasteiger charge is -2.35. The number of benzene rings is 2. The lowest BCUT2D eigenvalue weighted by molar-refractivity contribution is 0.0638. The third-order valence-corrected chi connectivity index (χ3v) is 5.01. The van der Waals surface area contributed by atoms with Crippen LogP contribution in [0.2, 0.25) is 5.02 Å². The Kier molecular flexibility index (Phi) is 5.77. The van der Waals surface area contributed by atoms with Gasteiger partial charge in [0, 0.05) is 43.3 Å². The van der Waals surface area contributed by atoms with Gasteiger partial charge >= 0.3 is 0 Å². The molecule has 1 aliphatic heterocycles. The van der Waals surface area contributed by atoms with Crippen LogP contribution in [0.25, 0.3) is 0 Å². The van der Waals surface area contributed by atoms with Gasteiger partial charge < -0.3 is 4.90 Å². The second-order valence-corrected chi connectivity index (χ2v) is 7.32. The Morgan fingerprint density at radius 2 is 1.56 bits per heavy atom. The summed E-state index contributed by atoms with van der Waals surface area (Å²) in [5.74, 6) is 0.157. The number of hydrogen-bond acceptors (Lipinski definition) is 2. The summed E-state index contributed by atoms with van der Waals surface area (Å²) in [6, 6.07) is 14.1. The van der Waals surface area contributed by atoms with Crippen LogP contribution in [0.4, 0.5) is 0 Å². The van der Waals surface area contributed by atoms with Gasteiger partial charge in [0.1, 0.15) is 0 Å². The van der Waals surface area contributed by atoms with E-state index in [9.17, 15) is 4.79 Å². The molecule has 0 radical (unpaired) electrons. The first-order valence-electron chi connectivity index (χ1n) is 8.85. The predicted octanol–water partition coefficient (Wildman–Crippen LogP) is 3.96. The fraction of sp³-hybridized carbons (Fsp3) is 0.381. The molecule has 0 bridgehead atoms. The van der Waals surface area contributed by atoms with Crippen molar-refractivity contribution in [3.63, 3.8) is 0 Å². The normalized spacial score (nSPS) is 15.4. The SMILES string of the molecule is Cc1cc(C)cc(C(=O)N2CCN(CCc3ccc(Cl)cc3)CC2)c1. The molecule has 2 aromatic rings. The van der Waals surface area contributed by atoms with E-state index in [-0.39, 0.29) is 5.91 Å². The first-order valence-corrected chi connectivity index (χ1v) is 9.23. The highest BCUT2D eigenvalue weighted by molar-refractivity contribution is 6.30. The molecule has 3 rings (SSSR count). The molecular weight excluding hydrogens is 332 g/mol. The number of nitrogens with zero attached hydrogens (tertiary/aromatic N) is 2. The van der Waals surface area contributed by atoms with Gasteiger partial charge in [-0.25, -0.2) is 0 Å². The number of hydrogen-bond donors (Lipinski definition) is 0. The van der Waals surface area contributed by atoms with Crippen LogP contribution >= 0.6 is 11.6 Å². The number of piperazine rings is 1. The van der Waals surface area contributed by atoms with Crippen molar-refractivity contribution >= 4 is 17.5 Å². The third kappa shape index (κ3) is 4.83. The molecule has 1 fully saturated rings. The van der Waals surface area contributed by atoms with Gasteiger partial charge in [0.2, 0.25) is 0 Å². The standard InChI is InChI=1S/C21H25ClN2O/c1-16-13-17(2)15-19(14-16)21(25)24-11-9-23(10-12-24)8-7-18-3-5-20(22)6-4-18/h3-6,13-15H,7-12H2,1-2H3. The van der Waals surface area contributed by atoms with E-state index in [0.717, 1.165) is 60.9 Å². The number of amides is 1. The Labute approximate surface area is 155 Å². The summed E-state index contributed by atoms with van der Waals surface area (Å²) in [7, 11) is 0. The molecule has 132 valence electrons. The molecule has 4 heteroatoms. The Morgan fingerprint density at radius 1 is 0.960 bits per heavy atom. The van der Waals surface area contributed by atoms with Crippen LogP contribution in [0.15, 0.2) is 42.5 Å². The molecule has 0 spiro atoms. The van der Waals surface area contributed by atoms with E-state index in [1.54, 1.807) is 0 Å². The molecule has 0 saturated carbocycles. The third-order valence-electron chi connectivity index (χ3n) is 4.76. The van der Waals surface area contributed by atoms with Crippen LogP contribution < -0.4 is 0 Å². The molecular formula is C21H25ClN2O. The van der Waals surface area contributed by atoms with Crippen molar-refractivity contribution in [2.75, 3.05) is 32.7 Å². The lowest BCUT2D eigenvalue weighted by Crippen LogP contribution is -2.49.